The van der Waals surface area contributed by atoms with Crippen molar-refractivity contribution in [3.63, 3.8) is 0 Å². The number of fused-ring (bicyclic) bond motifs is 1. The molecule has 43 heavy (non-hydrogen) atoms. The number of methoxy groups -OCH3 is 1. The van der Waals surface area contributed by atoms with Crippen LogP contribution in [0, 0.1) is 22.5 Å². The van der Waals surface area contributed by atoms with E-state index in [1.807, 2.05) is 52.8 Å². The molecule has 0 spiro atoms. The minimum atomic E-state index is -0.524. The molecule has 226 valence electrons. The Morgan fingerprint density at radius 3 is 2.44 bits per heavy atom. The molecule has 10 nitrogen and oxygen atoms in total. The van der Waals surface area contributed by atoms with Gasteiger partial charge in [-0.05, 0) is 66.6 Å². The topological polar surface area (TPSA) is 118 Å². The average Bonchev–Trinajstić information content (AvgIpc) is 2.95. The molecule has 1 heterocycles. The number of aryl methyl sites for hydroxylation is 1. The highest BCUT2D eigenvalue weighted by atomic mass is 16.6. The number of nitro groups is 1. The summed E-state index contributed by atoms with van der Waals surface area (Å²) >= 11 is 0. The first-order chi connectivity index (χ1) is 20.3. The molecular weight excluding hydrogens is 548 g/mol. The van der Waals surface area contributed by atoms with Gasteiger partial charge in [0.05, 0.1) is 42.4 Å². The van der Waals surface area contributed by atoms with Crippen molar-refractivity contribution < 1.29 is 19.1 Å². The van der Waals surface area contributed by atoms with Crippen LogP contribution >= 0.6 is 0 Å². The predicted molar refractivity (Wildman–Crippen MR) is 169 cm³/mol. The number of nitrogens with zero attached hydrogens (tertiary/aromatic N) is 4. The smallest absolute Gasteiger partial charge is 0.315 e. The van der Waals surface area contributed by atoms with E-state index in [4.69, 9.17) is 19.2 Å². The fourth-order valence-corrected chi connectivity index (χ4v) is 4.60. The van der Waals surface area contributed by atoms with Crippen LogP contribution in [0.1, 0.15) is 64.2 Å². The lowest BCUT2D eigenvalue weighted by molar-refractivity contribution is -0.386. The van der Waals surface area contributed by atoms with Crippen molar-refractivity contribution in [3.8, 4) is 28.6 Å². The van der Waals surface area contributed by atoms with Crippen molar-refractivity contribution in [2.45, 2.75) is 54.4 Å². The Labute approximate surface area is 251 Å². The van der Waals surface area contributed by atoms with E-state index in [1.54, 1.807) is 24.3 Å². The van der Waals surface area contributed by atoms with Crippen molar-refractivity contribution in [3.05, 3.63) is 85.7 Å². The summed E-state index contributed by atoms with van der Waals surface area (Å²) in [7, 11) is 1.42. The van der Waals surface area contributed by atoms with Gasteiger partial charge in [-0.1, -0.05) is 46.8 Å². The first kappa shape index (κ1) is 31.2. The SMILES string of the molecule is CCOc1cc(C)c(-c2nc3ccccc3c(=O)n2N=Cc2cc(OC)c(OCC(C)(C)C)c([N+](=O)[O-])c2)cc1C(C)C. The van der Waals surface area contributed by atoms with Gasteiger partial charge in [0, 0.05) is 17.2 Å². The lowest BCUT2D eigenvalue weighted by Crippen LogP contribution is -2.21. The number of hydrogen-bond donors (Lipinski definition) is 0. The number of rotatable bonds is 10. The molecule has 4 aromatic rings. The van der Waals surface area contributed by atoms with Crippen LogP contribution in [0.5, 0.6) is 17.2 Å². The molecule has 0 radical (unpaired) electrons. The van der Waals surface area contributed by atoms with Crippen LogP contribution in [0.15, 0.2) is 58.4 Å². The molecule has 0 N–H and O–H groups in total. The molecule has 0 bridgehead atoms. The standard InChI is InChI=1S/C33H38N4O6/c1-9-42-28-14-21(4)25(17-24(28)20(2)3)31-35-26-13-11-10-12-23(26)32(38)36(31)34-18-22-15-27(37(39)40)30(29(16-22)41-8)43-19-33(5,6)7/h10-18,20H,9,19H2,1-8H3. The largest absolute Gasteiger partial charge is 0.494 e. The van der Waals surface area contributed by atoms with Gasteiger partial charge in [0.15, 0.2) is 11.6 Å². The third-order valence-electron chi connectivity index (χ3n) is 6.72. The molecule has 10 heteroatoms. The van der Waals surface area contributed by atoms with E-state index in [-0.39, 0.29) is 40.7 Å². The number of aromatic nitrogens is 2. The summed E-state index contributed by atoms with van der Waals surface area (Å²) < 4.78 is 18.4. The summed E-state index contributed by atoms with van der Waals surface area (Å²) in [5.41, 5.74) is 2.58. The van der Waals surface area contributed by atoms with Gasteiger partial charge in [-0.2, -0.15) is 9.78 Å². The van der Waals surface area contributed by atoms with Gasteiger partial charge in [-0.15, -0.1) is 0 Å². The van der Waals surface area contributed by atoms with Crippen LogP contribution in [-0.4, -0.2) is 41.1 Å². The normalized spacial score (nSPS) is 11.8. The second-order valence-corrected chi connectivity index (χ2v) is 11.8. The number of hydrogen-bond acceptors (Lipinski definition) is 8. The van der Waals surface area contributed by atoms with Crippen LogP contribution in [-0.2, 0) is 0 Å². The average molecular weight is 587 g/mol. The molecule has 0 unspecified atom stereocenters. The highest BCUT2D eigenvalue weighted by Crippen LogP contribution is 2.39. The van der Waals surface area contributed by atoms with Gasteiger partial charge in [-0.25, -0.2) is 4.98 Å². The van der Waals surface area contributed by atoms with Gasteiger partial charge in [0.2, 0.25) is 5.75 Å². The quantitative estimate of drug-likeness (QED) is 0.110. The van der Waals surface area contributed by atoms with E-state index in [1.165, 1.54) is 24.1 Å². The van der Waals surface area contributed by atoms with Crippen molar-refractivity contribution >= 4 is 22.8 Å². The van der Waals surface area contributed by atoms with E-state index >= 15 is 0 Å². The molecule has 1 aromatic heterocycles. The second kappa shape index (κ2) is 12.6. The molecule has 0 saturated heterocycles. The molecule has 0 aliphatic heterocycles. The van der Waals surface area contributed by atoms with E-state index in [0.717, 1.165) is 22.4 Å². The maximum atomic E-state index is 13.8. The van der Waals surface area contributed by atoms with Gasteiger partial charge in [0.1, 0.15) is 5.75 Å². The third-order valence-corrected chi connectivity index (χ3v) is 6.72. The van der Waals surface area contributed by atoms with Crippen molar-refractivity contribution in [2.75, 3.05) is 20.3 Å². The molecule has 0 amide bonds. The number of benzene rings is 3. The highest BCUT2D eigenvalue weighted by Gasteiger charge is 2.25. The van der Waals surface area contributed by atoms with Crippen LogP contribution in [0.25, 0.3) is 22.3 Å². The zero-order chi connectivity index (χ0) is 31.5. The highest BCUT2D eigenvalue weighted by molar-refractivity contribution is 5.84. The van der Waals surface area contributed by atoms with Gasteiger partial charge >= 0.3 is 5.69 Å². The Morgan fingerprint density at radius 1 is 1.09 bits per heavy atom. The Kier molecular flexibility index (Phi) is 9.18. The second-order valence-electron chi connectivity index (χ2n) is 11.8. The Balaban J connectivity index is 1.92. The Morgan fingerprint density at radius 2 is 1.81 bits per heavy atom. The molecule has 0 aliphatic carbocycles. The van der Waals surface area contributed by atoms with E-state index in [2.05, 4.69) is 18.9 Å². The van der Waals surface area contributed by atoms with Gasteiger partial charge < -0.3 is 14.2 Å². The first-order valence-electron chi connectivity index (χ1n) is 14.2. The molecule has 4 rings (SSSR count). The zero-order valence-electron chi connectivity index (χ0n) is 25.9. The first-order valence-corrected chi connectivity index (χ1v) is 14.2. The summed E-state index contributed by atoms with van der Waals surface area (Å²) in [5, 5.41) is 17.0. The Hall–Kier alpha value is -4.73. The number of ether oxygens (including phenoxy) is 3. The zero-order valence-corrected chi connectivity index (χ0v) is 25.9. The van der Waals surface area contributed by atoms with Crippen molar-refractivity contribution in [1.82, 2.24) is 9.66 Å². The summed E-state index contributed by atoms with van der Waals surface area (Å²) in [4.78, 5) is 30.2. The van der Waals surface area contributed by atoms with E-state index in [0.29, 0.717) is 28.9 Å². The third kappa shape index (κ3) is 6.85. The van der Waals surface area contributed by atoms with Crippen LogP contribution in [0.3, 0.4) is 0 Å². The minimum Gasteiger partial charge on any atom is -0.494 e. The lowest BCUT2D eigenvalue weighted by Gasteiger charge is -2.20. The monoisotopic (exact) mass is 586 g/mol. The summed E-state index contributed by atoms with van der Waals surface area (Å²) in [6, 6.07) is 14.0. The fourth-order valence-electron chi connectivity index (χ4n) is 4.60. The number of para-hydroxylation sites is 1. The molecule has 0 saturated carbocycles. The van der Waals surface area contributed by atoms with Crippen molar-refractivity contribution in [2.24, 2.45) is 10.5 Å². The summed E-state index contributed by atoms with van der Waals surface area (Å²) in [6.45, 7) is 14.7. The summed E-state index contributed by atoms with van der Waals surface area (Å²) in [5.74, 6) is 1.50. The molecule has 3 aromatic carbocycles. The molecular formula is C33H38N4O6. The maximum absolute atomic E-state index is 13.8. The van der Waals surface area contributed by atoms with Gasteiger partial charge in [-0.3, -0.25) is 14.9 Å². The molecule has 0 aliphatic rings. The maximum Gasteiger partial charge on any atom is 0.315 e. The van der Waals surface area contributed by atoms with Gasteiger partial charge in [0.25, 0.3) is 5.56 Å². The van der Waals surface area contributed by atoms with Crippen LogP contribution < -0.4 is 19.8 Å². The van der Waals surface area contributed by atoms with E-state index < -0.39 is 4.92 Å². The minimum absolute atomic E-state index is 0.0380. The molecule has 0 atom stereocenters. The van der Waals surface area contributed by atoms with Crippen molar-refractivity contribution in [1.29, 1.82) is 0 Å². The summed E-state index contributed by atoms with van der Waals surface area (Å²) in [6.07, 6.45) is 1.39. The Bertz CT molecular complexity index is 1750. The lowest BCUT2D eigenvalue weighted by atomic mass is 9.96. The van der Waals surface area contributed by atoms with Crippen LogP contribution in [0.2, 0.25) is 0 Å². The fraction of sp³-hybridized carbons (Fsp3) is 0.364. The predicted octanol–water partition coefficient (Wildman–Crippen LogP) is 7.12. The number of nitro benzene ring substituents is 1. The molecule has 0 fully saturated rings. The van der Waals surface area contributed by atoms with E-state index in [9.17, 15) is 14.9 Å². The van der Waals surface area contributed by atoms with Crippen LogP contribution in [0.4, 0.5) is 5.69 Å².